The number of nitriles is 1. The molecule has 1 amide bonds. The first-order chi connectivity index (χ1) is 14.0. The van der Waals surface area contributed by atoms with Gasteiger partial charge in [0.05, 0.1) is 23.2 Å². The summed E-state index contributed by atoms with van der Waals surface area (Å²) < 4.78 is 26.5. The normalized spacial score (nSPS) is 12.5. The highest BCUT2D eigenvalue weighted by Crippen LogP contribution is 2.27. The van der Waals surface area contributed by atoms with Crippen LogP contribution in [0.1, 0.15) is 25.0 Å². The van der Waals surface area contributed by atoms with Crippen LogP contribution in [0.25, 0.3) is 0 Å². The van der Waals surface area contributed by atoms with E-state index in [1.54, 1.807) is 6.07 Å². The fraction of sp³-hybridized carbons (Fsp3) is 0.278. The van der Waals surface area contributed by atoms with Gasteiger partial charge in [-0.15, -0.1) is 5.11 Å². The minimum atomic E-state index is -4.00. The van der Waals surface area contributed by atoms with Gasteiger partial charge in [0.2, 0.25) is 11.8 Å². The number of nitrogens with one attached hydrogen (secondary N) is 1. The number of hydrogen-bond donors (Lipinski definition) is 3. The second-order valence-electron chi connectivity index (χ2n) is 6.40. The molecule has 1 heterocycles. The van der Waals surface area contributed by atoms with Crippen LogP contribution in [0.15, 0.2) is 44.2 Å². The molecule has 0 saturated carbocycles. The first-order valence-corrected chi connectivity index (χ1v) is 10.1. The van der Waals surface area contributed by atoms with Crippen LogP contribution in [-0.4, -0.2) is 35.2 Å². The summed E-state index contributed by atoms with van der Waals surface area (Å²) in [4.78, 5) is 23.5. The molecule has 30 heavy (non-hydrogen) atoms. The third-order valence-electron chi connectivity index (χ3n) is 3.91. The van der Waals surface area contributed by atoms with Crippen molar-refractivity contribution in [1.82, 2.24) is 9.29 Å². The predicted octanol–water partition coefficient (Wildman–Crippen LogP) is 1.35. The van der Waals surface area contributed by atoms with E-state index in [1.165, 1.54) is 38.1 Å². The smallest absolute Gasteiger partial charge is 0.281 e. The van der Waals surface area contributed by atoms with Gasteiger partial charge in [-0.2, -0.15) is 10.4 Å². The number of azo groups is 1. The minimum Gasteiger partial charge on any atom is -0.493 e. The molecule has 0 spiro atoms. The summed E-state index contributed by atoms with van der Waals surface area (Å²) in [5.41, 5.74) is -0.834. The maximum Gasteiger partial charge on any atom is 0.281 e. The Bertz CT molecular complexity index is 1210. The Labute approximate surface area is 172 Å². The molecular weight excluding hydrogens is 414 g/mol. The lowest BCUT2D eigenvalue weighted by Gasteiger charge is -2.14. The van der Waals surface area contributed by atoms with E-state index >= 15 is 0 Å². The maximum absolute atomic E-state index is 12.6. The first kappa shape index (κ1) is 22.7. The summed E-state index contributed by atoms with van der Waals surface area (Å²) >= 11 is 0. The number of hydrogen-bond acceptors (Lipinski definition) is 9. The molecule has 158 valence electrons. The Morgan fingerprint density at radius 1 is 1.30 bits per heavy atom. The number of pyridine rings is 1. The number of benzene rings is 1. The first-order valence-electron chi connectivity index (χ1n) is 8.57. The van der Waals surface area contributed by atoms with Crippen molar-refractivity contribution in [2.75, 3.05) is 0 Å². The molecule has 0 aliphatic rings. The van der Waals surface area contributed by atoms with E-state index in [0.29, 0.717) is 0 Å². The summed E-state index contributed by atoms with van der Waals surface area (Å²) in [6.45, 7) is 3.65. The number of sulfonamides is 1. The van der Waals surface area contributed by atoms with Crippen LogP contribution >= 0.6 is 0 Å². The van der Waals surface area contributed by atoms with Gasteiger partial charge in [-0.25, -0.2) is 13.1 Å². The summed E-state index contributed by atoms with van der Waals surface area (Å²) in [6, 6.07) is 6.82. The molecule has 0 unspecified atom stereocenters. The van der Waals surface area contributed by atoms with Crippen molar-refractivity contribution in [1.29, 1.82) is 5.26 Å². The van der Waals surface area contributed by atoms with Crippen molar-refractivity contribution in [3.05, 3.63) is 45.7 Å². The van der Waals surface area contributed by atoms with Gasteiger partial charge in [0.15, 0.2) is 5.69 Å². The Kier molecular flexibility index (Phi) is 6.70. The van der Waals surface area contributed by atoms with Crippen LogP contribution in [0.3, 0.4) is 0 Å². The Hall–Kier alpha value is -3.56. The highest BCUT2D eigenvalue weighted by atomic mass is 32.2. The fourth-order valence-corrected chi connectivity index (χ4v) is 3.53. The summed E-state index contributed by atoms with van der Waals surface area (Å²) in [5, 5.41) is 36.7. The number of amides is 1. The molecule has 0 fully saturated rings. The van der Waals surface area contributed by atoms with Crippen LogP contribution in [0, 0.1) is 18.3 Å². The highest BCUT2D eigenvalue weighted by Gasteiger charge is 2.20. The fourth-order valence-electron chi connectivity index (χ4n) is 2.54. The lowest BCUT2D eigenvalue weighted by atomic mass is 10.1. The van der Waals surface area contributed by atoms with Gasteiger partial charge in [-0.1, -0.05) is 0 Å². The molecule has 0 radical (unpaired) electrons. The lowest BCUT2D eigenvalue weighted by molar-refractivity contribution is -0.117. The molecule has 0 bridgehead atoms. The number of carbonyl (C=O) groups excluding carboxylic acids is 1. The summed E-state index contributed by atoms with van der Waals surface area (Å²) in [7, 11) is -4.00. The molecule has 11 nitrogen and oxygen atoms in total. The van der Waals surface area contributed by atoms with Crippen molar-refractivity contribution in [3.8, 4) is 11.9 Å². The zero-order valence-electron chi connectivity index (χ0n) is 16.3. The van der Waals surface area contributed by atoms with E-state index in [1.807, 2.05) is 4.72 Å². The van der Waals surface area contributed by atoms with E-state index in [-0.39, 0.29) is 33.9 Å². The SMILES string of the molecule is CC(=O)NS(=O)(=O)c1ccc(N=Nc2c(C)c(C#N)c(O)n(C[C@@H](C)O)c2=O)cc1. The zero-order chi connectivity index (χ0) is 22.6. The lowest BCUT2D eigenvalue weighted by Crippen LogP contribution is -2.28. The van der Waals surface area contributed by atoms with Crippen LogP contribution in [0.2, 0.25) is 0 Å². The van der Waals surface area contributed by atoms with Crippen LogP contribution < -0.4 is 10.3 Å². The van der Waals surface area contributed by atoms with Gasteiger partial charge in [0, 0.05) is 12.5 Å². The topological polar surface area (TPSA) is 174 Å². The number of aromatic nitrogens is 1. The number of aromatic hydroxyl groups is 1. The van der Waals surface area contributed by atoms with Gasteiger partial charge in [-0.3, -0.25) is 14.2 Å². The summed E-state index contributed by atoms with van der Waals surface area (Å²) in [6.07, 6.45) is -0.967. The highest BCUT2D eigenvalue weighted by molar-refractivity contribution is 7.90. The number of nitrogens with zero attached hydrogens (tertiary/aromatic N) is 4. The van der Waals surface area contributed by atoms with Crippen molar-refractivity contribution < 1.29 is 23.4 Å². The van der Waals surface area contributed by atoms with Crippen molar-refractivity contribution >= 4 is 27.3 Å². The third kappa shape index (κ3) is 4.88. The van der Waals surface area contributed by atoms with Crippen LogP contribution in [-0.2, 0) is 21.4 Å². The van der Waals surface area contributed by atoms with E-state index in [9.17, 15) is 33.5 Å². The van der Waals surface area contributed by atoms with Crippen molar-refractivity contribution in [2.45, 2.75) is 38.3 Å². The Morgan fingerprint density at radius 3 is 2.40 bits per heavy atom. The van der Waals surface area contributed by atoms with Gasteiger partial charge < -0.3 is 10.2 Å². The zero-order valence-corrected chi connectivity index (χ0v) is 17.1. The van der Waals surface area contributed by atoms with E-state index in [4.69, 9.17) is 0 Å². The second kappa shape index (κ2) is 8.85. The van der Waals surface area contributed by atoms with Crippen LogP contribution in [0.5, 0.6) is 5.88 Å². The molecule has 1 aromatic carbocycles. The largest absolute Gasteiger partial charge is 0.493 e. The van der Waals surface area contributed by atoms with Crippen molar-refractivity contribution in [2.24, 2.45) is 10.2 Å². The molecule has 3 N–H and O–H groups in total. The van der Waals surface area contributed by atoms with Crippen LogP contribution in [0.4, 0.5) is 11.4 Å². The Morgan fingerprint density at radius 2 is 1.90 bits per heavy atom. The van der Waals surface area contributed by atoms with Gasteiger partial charge >= 0.3 is 0 Å². The minimum absolute atomic E-state index is 0.107. The molecule has 0 aliphatic heterocycles. The molecule has 1 atom stereocenters. The second-order valence-corrected chi connectivity index (χ2v) is 8.09. The number of aliphatic hydroxyl groups is 1. The molecule has 12 heteroatoms. The summed E-state index contributed by atoms with van der Waals surface area (Å²) in [5.74, 6) is -1.31. The van der Waals surface area contributed by atoms with Gasteiger partial charge in [0.25, 0.3) is 15.6 Å². The standard InChI is InChI=1S/C18H19N5O6S/c1-10(24)9-23-17(26)15(8-19)11(2)16(18(23)27)21-20-13-4-6-14(7-5-13)30(28,29)22-12(3)25/h4-7,10,24,26H,9H2,1-3H3,(H,22,25)/t10-/m1/s1. The van der Waals surface area contributed by atoms with E-state index < -0.39 is 33.5 Å². The van der Waals surface area contributed by atoms with E-state index in [2.05, 4.69) is 10.2 Å². The number of rotatable bonds is 6. The third-order valence-corrected chi connectivity index (χ3v) is 5.36. The number of aliphatic hydroxyl groups excluding tert-OH is 1. The molecule has 0 saturated heterocycles. The van der Waals surface area contributed by atoms with E-state index in [0.717, 1.165) is 11.5 Å². The number of carbonyl (C=O) groups is 1. The molecule has 1 aromatic heterocycles. The molecule has 2 rings (SSSR count). The van der Waals surface area contributed by atoms with Crippen molar-refractivity contribution in [3.63, 3.8) is 0 Å². The monoisotopic (exact) mass is 433 g/mol. The molecule has 2 aromatic rings. The Balaban J connectivity index is 2.46. The van der Waals surface area contributed by atoms with Gasteiger partial charge in [0.1, 0.15) is 11.6 Å². The maximum atomic E-state index is 12.6. The molecular formula is C18H19N5O6S. The quantitative estimate of drug-likeness (QED) is 0.576. The molecule has 0 aliphatic carbocycles. The average Bonchev–Trinajstić information content (AvgIpc) is 2.65. The van der Waals surface area contributed by atoms with Gasteiger partial charge in [-0.05, 0) is 38.1 Å². The predicted molar refractivity (Wildman–Crippen MR) is 105 cm³/mol. The average molecular weight is 433 g/mol.